The van der Waals surface area contributed by atoms with Crippen LogP contribution in [0.2, 0.25) is 0 Å². The van der Waals surface area contributed by atoms with E-state index < -0.39 is 0 Å². The summed E-state index contributed by atoms with van der Waals surface area (Å²) in [7, 11) is -0.380. The van der Waals surface area contributed by atoms with Crippen LogP contribution in [0.25, 0.3) is 0 Å². The van der Waals surface area contributed by atoms with Crippen molar-refractivity contribution < 1.29 is 4.74 Å². The van der Waals surface area contributed by atoms with E-state index in [1.54, 1.807) is 0 Å². The van der Waals surface area contributed by atoms with Gasteiger partial charge in [0.15, 0.2) is 0 Å². The summed E-state index contributed by atoms with van der Waals surface area (Å²) in [5.74, 6) is 2.02. The van der Waals surface area contributed by atoms with Gasteiger partial charge >= 0.3 is 0 Å². The highest BCUT2D eigenvalue weighted by Crippen LogP contribution is 2.61. The molecular formula is C23H31OP. The molecular weight excluding hydrogens is 323 g/mol. The zero-order valence-corrected chi connectivity index (χ0v) is 17.8. The van der Waals surface area contributed by atoms with Crippen molar-refractivity contribution in [2.24, 2.45) is 0 Å². The van der Waals surface area contributed by atoms with Crippen LogP contribution in [0, 0.1) is 0 Å². The molecule has 3 rings (SSSR count). The summed E-state index contributed by atoms with van der Waals surface area (Å²) < 4.78 is 6.34. The van der Waals surface area contributed by atoms with Gasteiger partial charge < -0.3 is 4.74 Å². The fourth-order valence-corrected chi connectivity index (χ4v) is 8.78. The molecule has 0 saturated carbocycles. The molecule has 0 fully saturated rings. The van der Waals surface area contributed by atoms with E-state index in [4.69, 9.17) is 4.74 Å². The van der Waals surface area contributed by atoms with E-state index in [2.05, 4.69) is 97.9 Å². The molecule has 0 atom stereocenters. The molecule has 2 aromatic carbocycles. The Kier molecular flexibility index (Phi) is 4.32. The summed E-state index contributed by atoms with van der Waals surface area (Å²) in [6.07, 6.45) is 0. The predicted molar refractivity (Wildman–Crippen MR) is 111 cm³/mol. The first-order valence-corrected chi connectivity index (χ1v) is 10.5. The van der Waals surface area contributed by atoms with Gasteiger partial charge in [-0.1, -0.05) is 93.6 Å². The topological polar surface area (TPSA) is 9.23 Å². The van der Waals surface area contributed by atoms with Crippen LogP contribution in [0.5, 0.6) is 11.5 Å². The van der Waals surface area contributed by atoms with Gasteiger partial charge in [0.1, 0.15) is 11.5 Å². The highest BCUT2D eigenvalue weighted by atomic mass is 31.1. The van der Waals surface area contributed by atoms with Gasteiger partial charge in [0.05, 0.1) is 0 Å². The summed E-state index contributed by atoms with van der Waals surface area (Å²) in [6, 6.07) is 15.1. The van der Waals surface area contributed by atoms with Crippen LogP contribution in [0.4, 0.5) is 0 Å². The predicted octanol–water partition coefficient (Wildman–Crippen LogP) is 6.82. The fourth-order valence-electron chi connectivity index (χ4n) is 4.47. The molecule has 0 spiro atoms. The molecule has 0 unspecified atom stereocenters. The van der Waals surface area contributed by atoms with Gasteiger partial charge in [-0.05, 0) is 27.7 Å². The summed E-state index contributed by atoms with van der Waals surface area (Å²) in [5, 5.41) is 1.96. The van der Waals surface area contributed by atoms with Gasteiger partial charge in [0, 0.05) is 16.5 Å². The zero-order valence-electron chi connectivity index (χ0n) is 16.9. The third-order valence-electron chi connectivity index (χ3n) is 4.99. The van der Waals surface area contributed by atoms with Crippen molar-refractivity contribution in [2.75, 3.05) is 0 Å². The van der Waals surface area contributed by atoms with E-state index in [0.29, 0.717) is 0 Å². The van der Waals surface area contributed by atoms with Crippen molar-refractivity contribution in [1.82, 2.24) is 0 Å². The Bertz CT molecular complexity index is 776. The lowest BCUT2D eigenvalue weighted by Gasteiger charge is -2.45. The highest BCUT2D eigenvalue weighted by molar-refractivity contribution is 7.68. The summed E-state index contributed by atoms with van der Waals surface area (Å²) in [5.41, 5.74) is 2.61. The molecule has 1 aliphatic heterocycles. The third kappa shape index (κ3) is 3.13. The number of fused-ring (bicyclic) bond motifs is 2. The number of hydrogen-bond acceptors (Lipinski definition) is 1. The first-order valence-electron chi connectivity index (χ1n) is 9.15. The van der Waals surface area contributed by atoms with E-state index in [9.17, 15) is 0 Å². The van der Waals surface area contributed by atoms with Crippen molar-refractivity contribution in [3.63, 3.8) is 0 Å². The lowest BCUT2D eigenvalue weighted by Crippen LogP contribution is -2.37. The van der Waals surface area contributed by atoms with E-state index >= 15 is 0 Å². The standard InChI is InChI=1S/C23H31OP/c1-21(2,3)25(22(4,5)6)19-15-11-14-18-20(19)23(7,8)16-12-9-10-13-17(16)24-18/h9-15H,1-8H3. The van der Waals surface area contributed by atoms with Gasteiger partial charge in [-0.3, -0.25) is 0 Å². The monoisotopic (exact) mass is 354 g/mol. The van der Waals surface area contributed by atoms with Crippen LogP contribution in [0.1, 0.15) is 66.5 Å². The SMILES string of the molecule is CC1(C)c2ccccc2Oc2cccc(P(C(C)(C)C)C(C)(C)C)c21. The Hall–Kier alpha value is -1.33. The number of benzene rings is 2. The minimum absolute atomic E-state index is 0.0577. The molecule has 0 aromatic heterocycles. The van der Waals surface area contributed by atoms with Crippen molar-refractivity contribution in [3.8, 4) is 11.5 Å². The average Bonchev–Trinajstić information content (AvgIpc) is 2.44. The van der Waals surface area contributed by atoms with Gasteiger partial charge in [0.2, 0.25) is 0 Å². The molecule has 2 heteroatoms. The van der Waals surface area contributed by atoms with E-state index in [-0.39, 0.29) is 23.6 Å². The van der Waals surface area contributed by atoms with E-state index in [0.717, 1.165) is 11.5 Å². The molecule has 1 heterocycles. The Morgan fingerprint density at radius 2 is 1.32 bits per heavy atom. The van der Waals surface area contributed by atoms with Crippen LogP contribution >= 0.6 is 7.92 Å². The first kappa shape index (κ1) is 18.5. The molecule has 25 heavy (non-hydrogen) atoms. The molecule has 1 aliphatic rings. The lowest BCUT2D eigenvalue weighted by atomic mass is 9.76. The van der Waals surface area contributed by atoms with Gasteiger partial charge in [-0.2, -0.15) is 0 Å². The summed E-state index contributed by atoms with van der Waals surface area (Å²) >= 11 is 0. The molecule has 0 aliphatic carbocycles. The second-order valence-corrected chi connectivity index (χ2v) is 13.4. The molecule has 134 valence electrons. The number of ether oxygens (including phenoxy) is 1. The number of para-hydroxylation sites is 1. The minimum Gasteiger partial charge on any atom is -0.457 e. The fraction of sp³-hybridized carbons (Fsp3) is 0.478. The molecule has 0 radical (unpaired) electrons. The van der Waals surface area contributed by atoms with Crippen LogP contribution < -0.4 is 10.0 Å². The summed E-state index contributed by atoms with van der Waals surface area (Å²) in [4.78, 5) is 0. The van der Waals surface area contributed by atoms with E-state index in [1.165, 1.54) is 16.4 Å². The molecule has 0 bridgehead atoms. The van der Waals surface area contributed by atoms with Crippen LogP contribution in [0.3, 0.4) is 0 Å². The van der Waals surface area contributed by atoms with Gasteiger partial charge in [0.25, 0.3) is 0 Å². The van der Waals surface area contributed by atoms with Gasteiger partial charge in [-0.25, -0.2) is 0 Å². The third-order valence-corrected chi connectivity index (χ3v) is 8.53. The maximum Gasteiger partial charge on any atom is 0.132 e. The Labute approximate surface area is 154 Å². The molecule has 0 amide bonds. The van der Waals surface area contributed by atoms with Crippen molar-refractivity contribution >= 4 is 13.2 Å². The second kappa shape index (κ2) is 5.85. The average molecular weight is 354 g/mol. The van der Waals surface area contributed by atoms with Crippen molar-refractivity contribution in [3.05, 3.63) is 53.6 Å². The quantitative estimate of drug-likeness (QED) is 0.510. The van der Waals surface area contributed by atoms with Crippen molar-refractivity contribution in [2.45, 2.75) is 71.1 Å². The van der Waals surface area contributed by atoms with Gasteiger partial charge in [-0.15, -0.1) is 0 Å². The number of hydrogen-bond donors (Lipinski definition) is 0. The maximum atomic E-state index is 6.34. The lowest BCUT2D eigenvalue weighted by molar-refractivity contribution is 0.419. The molecule has 0 saturated heterocycles. The van der Waals surface area contributed by atoms with Crippen molar-refractivity contribution in [1.29, 1.82) is 0 Å². The highest BCUT2D eigenvalue weighted by Gasteiger charge is 2.42. The largest absolute Gasteiger partial charge is 0.457 e. The van der Waals surface area contributed by atoms with E-state index in [1.807, 2.05) is 0 Å². The minimum atomic E-state index is -0.380. The Balaban J connectivity index is 2.28. The van der Waals surface area contributed by atoms with Crippen LogP contribution in [0.15, 0.2) is 42.5 Å². The second-order valence-electron chi connectivity index (χ2n) is 9.55. The maximum absolute atomic E-state index is 6.34. The molecule has 0 N–H and O–H groups in total. The Morgan fingerprint density at radius 1 is 0.760 bits per heavy atom. The number of rotatable bonds is 1. The first-order chi connectivity index (χ1) is 11.4. The van der Waals surface area contributed by atoms with Crippen LogP contribution in [-0.2, 0) is 5.41 Å². The molecule has 2 aromatic rings. The summed E-state index contributed by atoms with van der Waals surface area (Å²) in [6.45, 7) is 19.0. The normalized spacial score (nSPS) is 16.2. The van der Waals surface area contributed by atoms with Crippen LogP contribution in [-0.4, -0.2) is 10.3 Å². The smallest absolute Gasteiger partial charge is 0.132 e. The molecule has 1 nitrogen and oxygen atoms in total. The zero-order chi connectivity index (χ0) is 18.6. The Morgan fingerprint density at radius 3 is 1.92 bits per heavy atom.